The van der Waals surface area contributed by atoms with Gasteiger partial charge < -0.3 is 38.5 Å². The maximum Gasteiger partial charge on any atom is 0.328 e. The van der Waals surface area contributed by atoms with Gasteiger partial charge in [-0.05, 0) is 151 Å². The summed E-state index contributed by atoms with van der Waals surface area (Å²) in [6.07, 6.45) is -3.02. The third kappa shape index (κ3) is 13.5. The van der Waals surface area contributed by atoms with E-state index in [1.807, 2.05) is 92.9 Å². The summed E-state index contributed by atoms with van der Waals surface area (Å²) in [7, 11) is 0. The van der Waals surface area contributed by atoms with Crippen molar-refractivity contribution in [2.45, 2.75) is 182 Å². The van der Waals surface area contributed by atoms with Gasteiger partial charge in [0.1, 0.15) is 23.3 Å². The van der Waals surface area contributed by atoms with Gasteiger partial charge in [-0.2, -0.15) is 0 Å². The number of amides is 16. The zero-order valence-electron chi connectivity index (χ0n) is 64.0. The number of barbiturate groups is 4. The minimum Gasteiger partial charge on any atom is -0.371 e. The molecule has 12 heterocycles. The highest BCUT2D eigenvalue weighted by Crippen LogP contribution is 2.55. The standard InChI is InChI=1S/2C20H21FN4O4.2C19H21BrFN3O4/c1-9(2)15-16-20(17(26)23-19(28)24-18(20)27)7-11-5-13(22-4)12(21)6-14(11)25(16)8-10(3)29-15;1-9(2)15-16-20(17(26)23-19(28)24-18(20)27)7-11-5-12(22-4)6-13(21)14(11)25(16)8-10(3)29-15;1-8(2)14-15-19(16(25)22-18(27)23-17(19)26)6-10-4-11(20)12(21)5-13(10)24(15)7-9(3)28-14;1-8(2)14-15-19(16(25)22-18(27)23-17(19)26)6-10-4-11(20)5-12(21)13(10)24(15)7-9(3)28-14/h2*5-6,9-10,15-16H,7-8H2,1-3H3,(H2,23,24,26,27,28);2*4-5,8-9,14-15H,6-7H2,1-3H3,(H2,22,23,25,26,27)/t2*10-,15+,16-;2*9-,14+,15-/m1111/s1. The fraction of sp³-hybridized carbons (Fsp3) is 0.513. The number of imide groups is 8. The summed E-state index contributed by atoms with van der Waals surface area (Å²) in [5, 5.41) is 17.8. The fourth-order valence-corrected chi connectivity index (χ4v) is 19.8. The fourth-order valence-electron chi connectivity index (χ4n) is 18.9. The van der Waals surface area contributed by atoms with Crippen LogP contribution in [0.2, 0.25) is 0 Å². The van der Waals surface area contributed by atoms with Gasteiger partial charge in [0.15, 0.2) is 27.3 Å². The molecule has 4 aromatic carbocycles. The molecule has 4 spiro atoms. The highest BCUT2D eigenvalue weighted by Gasteiger charge is 2.69. The number of urea groups is 4. The monoisotopic (exact) mass is 1710 g/mol. The first kappa shape index (κ1) is 82.0. The van der Waals surface area contributed by atoms with Crippen molar-refractivity contribution in [2.24, 2.45) is 45.3 Å². The van der Waals surface area contributed by atoms with Crippen molar-refractivity contribution >= 4 is 137 Å². The molecule has 16 amide bonds. The molecule has 12 atom stereocenters. The summed E-state index contributed by atoms with van der Waals surface area (Å²) < 4.78 is 84.2. The molecule has 0 radical (unpaired) electrons. The van der Waals surface area contributed by atoms with E-state index >= 15 is 8.78 Å². The minimum atomic E-state index is -1.68. The Morgan fingerprint density at radius 1 is 0.377 bits per heavy atom. The number of fused-ring (bicyclic) bond motifs is 16. The maximum atomic E-state index is 15.1. The molecule has 8 saturated heterocycles. The van der Waals surface area contributed by atoms with Gasteiger partial charge in [0, 0.05) is 48.4 Å². The lowest BCUT2D eigenvalue weighted by molar-refractivity contribution is -0.157. The van der Waals surface area contributed by atoms with Crippen LogP contribution in [0.15, 0.2) is 57.5 Å². The number of nitrogens with one attached hydrogen (secondary N) is 8. The van der Waals surface area contributed by atoms with Crippen LogP contribution in [0.4, 0.5) is 70.9 Å². The lowest BCUT2D eigenvalue weighted by atomic mass is 9.65. The minimum absolute atomic E-state index is 0.00722. The van der Waals surface area contributed by atoms with Crippen LogP contribution in [0.3, 0.4) is 0 Å². The molecule has 0 bridgehead atoms. The van der Waals surface area contributed by atoms with Crippen LogP contribution in [0.25, 0.3) is 9.69 Å². The van der Waals surface area contributed by atoms with Crippen molar-refractivity contribution < 1.29 is 94.0 Å². The predicted octanol–water partition coefficient (Wildman–Crippen LogP) is 8.04. The van der Waals surface area contributed by atoms with E-state index < -0.39 is 165 Å². The van der Waals surface area contributed by atoms with E-state index in [0.29, 0.717) is 63.4 Å². The smallest absolute Gasteiger partial charge is 0.328 e. The van der Waals surface area contributed by atoms with Gasteiger partial charge in [-0.15, -0.1) is 0 Å². The van der Waals surface area contributed by atoms with Crippen molar-refractivity contribution in [3.05, 3.63) is 126 Å². The van der Waals surface area contributed by atoms with Crippen LogP contribution in [0.1, 0.15) is 105 Å². The Labute approximate surface area is 669 Å². The molecule has 114 heavy (non-hydrogen) atoms. The van der Waals surface area contributed by atoms with Crippen molar-refractivity contribution in [1.29, 1.82) is 0 Å². The summed E-state index contributed by atoms with van der Waals surface area (Å²) in [5.74, 6) is -7.75. The first-order valence-corrected chi connectivity index (χ1v) is 39.0. The van der Waals surface area contributed by atoms with Gasteiger partial charge in [0.05, 0.1) is 102 Å². The largest absolute Gasteiger partial charge is 0.371 e. The number of halogens is 6. The third-order valence-corrected chi connectivity index (χ3v) is 24.6. The number of ether oxygens (including phenoxy) is 4. The molecule has 604 valence electrons. The first-order valence-electron chi connectivity index (χ1n) is 37.4. The molecule has 12 aliphatic rings. The van der Waals surface area contributed by atoms with Gasteiger partial charge in [-0.25, -0.2) is 46.4 Å². The van der Waals surface area contributed by atoms with E-state index in [1.165, 1.54) is 30.3 Å². The van der Waals surface area contributed by atoms with Crippen molar-refractivity contribution in [1.82, 2.24) is 42.5 Å². The van der Waals surface area contributed by atoms with Gasteiger partial charge in [0.25, 0.3) is 0 Å². The van der Waals surface area contributed by atoms with E-state index in [1.54, 1.807) is 21.9 Å². The molecule has 0 unspecified atom stereocenters. The molecular weight excluding hydrogens is 1620 g/mol. The second kappa shape index (κ2) is 30.3. The number of nitrogens with zero attached hydrogens (tertiary/aromatic N) is 6. The molecule has 0 aromatic heterocycles. The summed E-state index contributed by atoms with van der Waals surface area (Å²) in [4.78, 5) is 165. The number of morpholine rings is 4. The Balaban J connectivity index is 0.000000133. The third-order valence-electron chi connectivity index (χ3n) is 23.5. The number of carbonyl (C=O) groups excluding carboxylic acids is 12. The Bertz CT molecular complexity index is 4840. The second-order valence-electron chi connectivity index (χ2n) is 32.4. The molecule has 0 aliphatic carbocycles. The molecule has 0 saturated carbocycles. The van der Waals surface area contributed by atoms with Crippen LogP contribution in [0, 0.1) is 81.7 Å². The van der Waals surface area contributed by atoms with Crippen LogP contribution in [0.5, 0.6) is 0 Å². The number of hydrogen-bond acceptors (Lipinski definition) is 20. The normalized spacial score (nSPS) is 28.2. The molecule has 36 heteroatoms. The first-order chi connectivity index (χ1) is 53.7. The topological polar surface area (TPSA) is 360 Å². The number of anilines is 4. The lowest BCUT2D eigenvalue weighted by Gasteiger charge is -2.57. The van der Waals surface area contributed by atoms with E-state index in [0.717, 1.165) is 6.07 Å². The van der Waals surface area contributed by atoms with E-state index in [4.69, 9.17) is 32.1 Å². The van der Waals surface area contributed by atoms with Gasteiger partial charge in [0.2, 0.25) is 52.9 Å². The molecular formula is C78H84Br2F4N14O16. The molecule has 8 fully saturated rings. The van der Waals surface area contributed by atoms with E-state index in [-0.39, 0.29) is 102 Å². The average molecular weight is 1710 g/mol. The van der Waals surface area contributed by atoms with E-state index in [2.05, 4.69) is 84.1 Å². The van der Waals surface area contributed by atoms with Crippen LogP contribution in [-0.4, -0.2) is 171 Å². The van der Waals surface area contributed by atoms with Gasteiger partial charge in [-0.3, -0.25) is 80.9 Å². The molecule has 30 nitrogen and oxygen atoms in total. The molecule has 8 N–H and O–H groups in total. The van der Waals surface area contributed by atoms with E-state index in [9.17, 15) is 66.3 Å². The Morgan fingerprint density at radius 2 is 0.667 bits per heavy atom. The summed E-state index contributed by atoms with van der Waals surface area (Å²) in [5.41, 5.74) is -2.56. The quantitative estimate of drug-likeness (QED) is 0.0544. The van der Waals surface area contributed by atoms with Crippen LogP contribution in [-0.2, 0) is 83.0 Å². The zero-order valence-corrected chi connectivity index (χ0v) is 67.2. The molecule has 4 aromatic rings. The zero-order chi connectivity index (χ0) is 82.9. The van der Waals surface area contributed by atoms with Crippen LogP contribution < -0.4 is 62.1 Å². The lowest BCUT2D eigenvalue weighted by Crippen LogP contribution is -2.76. The van der Waals surface area contributed by atoms with Crippen molar-refractivity contribution in [3.63, 3.8) is 0 Å². The highest BCUT2D eigenvalue weighted by molar-refractivity contribution is 9.10. The second-order valence-corrected chi connectivity index (χ2v) is 34.2. The maximum absolute atomic E-state index is 15.1. The van der Waals surface area contributed by atoms with Crippen molar-refractivity contribution in [2.75, 3.05) is 45.8 Å². The molecule has 16 rings (SSSR count). The van der Waals surface area contributed by atoms with Gasteiger partial charge in [-0.1, -0.05) is 77.4 Å². The van der Waals surface area contributed by atoms with Gasteiger partial charge >= 0.3 is 24.1 Å². The van der Waals surface area contributed by atoms with Crippen LogP contribution >= 0.6 is 31.9 Å². The summed E-state index contributed by atoms with van der Waals surface area (Å²) >= 11 is 6.48. The Morgan fingerprint density at radius 3 is 0.991 bits per heavy atom. The number of hydrogen-bond donors (Lipinski definition) is 8. The number of rotatable bonds is 4. The highest BCUT2D eigenvalue weighted by atomic mass is 79.9. The Kier molecular flexibility index (Phi) is 21.8. The molecule has 12 aliphatic heterocycles. The average Bonchev–Trinajstić information content (AvgIpc) is 0.724. The van der Waals surface area contributed by atoms with Crippen molar-refractivity contribution in [3.8, 4) is 0 Å². The number of benzene rings is 4. The number of carbonyl (C=O) groups is 12. The SMILES string of the molecule is CC(C)[C@@H]1O[C@H](C)CN2c3c(F)cc(Br)cc3CC3(C(=O)NC(=O)NC3=O)[C@@H]12.CC(C)[C@@H]1O[C@H](C)CN2c3cc(F)c(Br)cc3CC3(C(=O)NC(=O)NC3=O)[C@@H]12.[C-]#[N+]c1cc(F)c2c(c1)CC1(C(=O)NC(=O)NC1=O)[C@H]1[C@H](C(C)C)O[C@H](C)CN21.[C-]#[N+]c1cc2c(cc1F)N1C[C@@H](C)O[C@@H](C(C)C)[C@@H]1C1(C2)C(=O)NC(=O)NC1=O. The summed E-state index contributed by atoms with van der Waals surface area (Å²) in [6.45, 7) is 38.7. The summed E-state index contributed by atoms with van der Waals surface area (Å²) in [6, 6.07) is 5.14. The predicted molar refractivity (Wildman–Crippen MR) is 406 cm³/mol. The Hall–Kier alpha value is -9.98.